The van der Waals surface area contributed by atoms with Crippen LogP contribution in [0.3, 0.4) is 0 Å². The highest BCUT2D eigenvalue weighted by atomic mass is 32.1. The molecular formula is C45H46N4O3S3. The number of nitrogens with zero attached hydrogens (tertiary/aromatic N) is 3. The van der Waals surface area contributed by atoms with Gasteiger partial charge in [-0.15, -0.1) is 34.0 Å². The molecule has 7 nitrogen and oxygen atoms in total. The number of anilines is 2. The third kappa shape index (κ3) is 6.54. The van der Waals surface area contributed by atoms with Crippen LogP contribution in [0, 0.1) is 0 Å². The first-order valence-electron chi connectivity index (χ1n) is 19.3. The molecule has 1 spiro atoms. The van der Waals surface area contributed by atoms with Gasteiger partial charge in [0.1, 0.15) is 17.0 Å². The maximum Gasteiger partial charge on any atom is 0.255 e. The number of hydrogen-bond donors (Lipinski definition) is 1. The lowest BCUT2D eigenvalue weighted by Crippen LogP contribution is -2.48. The van der Waals surface area contributed by atoms with Gasteiger partial charge in [-0.3, -0.25) is 9.59 Å². The number of benzene rings is 3. The molecule has 5 heterocycles. The van der Waals surface area contributed by atoms with E-state index in [2.05, 4.69) is 126 Å². The second-order valence-corrected chi connectivity index (χ2v) is 16.8. The summed E-state index contributed by atoms with van der Waals surface area (Å²) in [5.74, 6) is 1.49. The quantitative estimate of drug-likeness (QED) is 0.111. The van der Waals surface area contributed by atoms with Crippen molar-refractivity contribution in [2.45, 2.75) is 46.1 Å². The van der Waals surface area contributed by atoms with Gasteiger partial charge < -0.3 is 24.8 Å². The molecule has 0 saturated carbocycles. The molecule has 0 unspecified atom stereocenters. The lowest BCUT2D eigenvalue weighted by molar-refractivity contribution is -0.120. The lowest BCUT2D eigenvalue weighted by Gasteiger charge is -2.45. The van der Waals surface area contributed by atoms with Crippen molar-refractivity contribution in [1.29, 1.82) is 0 Å². The second-order valence-electron chi connectivity index (χ2n) is 13.8. The topological polar surface area (TPSA) is 65.1 Å². The first-order valence-corrected chi connectivity index (χ1v) is 21.8. The SMILES string of the molecule is CCN(CC)c1ccc2c(c1)Oc1cc(N(CC)CC)ccc1C21c2ccccc2C(=O)N1CCCNC(=O)Cc1cc(-c2cccs2)sc1-c1cccs1. The predicted molar refractivity (Wildman–Crippen MR) is 230 cm³/mol. The van der Waals surface area contributed by atoms with E-state index in [1.54, 1.807) is 34.0 Å². The van der Waals surface area contributed by atoms with E-state index in [4.69, 9.17) is 4.74 Å². The number of fused-ring (bicyclic) bond motifs is 6. The fourth-order valence-electron chi connectivity index (χ4n) is 8.32. The molecule has 10 heteroatoms. The van der Waals surface area contributed by atoms with Crippen LogP contribution >= 0.6 is 34.0 Å². The molecule has 3 aromatic heterocycles. The van der Waals surface area contributed by atoms with Gasteiger partial charge in [-0.1, -0.05) is 42.5 Å². The Balaban J connectivity index is 1.11. The highest BCUT2D eigenvalue weighted by Gasteiger charge is 2.56. The van der Waals surface area contributed by atoms with E-state index >= 15 is 0 Å². The van der Waals surface area contributed by atoms with Crippen LogP contribution in [0.4, 0.5) is 11.4 Å². The molecule has 55 heavy (non-hydrogen) atoms. The van der Waals surface area contributed by atoms with Gasteiger partial charge in [0.25, 0.3) is 5.91 Å². The Morgan fingerprint density at radius 2 is 1.35 bits per heavy atom. The van der Waals surface area contributed by atoms with Crippen molar-refractivity contribution >= 4 is 57.2 Å². The van der Waals surface area contributed by atoms with Crippen LogP contribution in [0.25, 0.3) is 19.5 Å². The third-order valence-corrected chi connectivity index (χ3v) is 14.2. The molecule has 0 fully saturated rings. The van der Waals surface area contributed by atoms with E-state index in [0.717, 1.165) is 76.2 Å². The van der Waals surface area contributed by atoms with Crippen molar-refractivity contribution in [2.24, 2.45) is 0 Å². The van der Waals surface area contributed by atoms with Crippen LogP contribution in [0.5, 0.6) is 11.5 Å². The maximum atomic E-state index is 14.6. The number of rotatable bonds is 14. The summed E-state index contributed by atoms with van der Waals surface area (Å²) >= 11 is 5.16. The molecule has 8 rings (SSSR count). The summed E-state index contributed by atoms with van der Waals surface area (Å²) < 4.78 is 6.85. The van der Waals surface area contributed by atoms with Gasteiger partial charge >= 0.3 is 0 Å². The molecule has 0 bridgehead atoms. The maximum absolute atomic E-state index is 14.6. The second kappa shape index (κ2) is 15.7. The molecule has 282 valence electrons. The number of ether oxygens (including phenoxy) is 1. The number of hydrogen-bond acceptors (Lipinski definition) is 8. The minimum atomic E-state index is -0.894. The van der Waals surface area contributed by atoms with Crippen LogP contribution in [0.15, 0.2) is 102 Å². The largest absolute Gasteiger partial charge is 0.456 e. The molecule has 6 aromatic rings. The van der Waals surface area contributed by atoms with Crippen molar-refractivity contribution in [3.8, 4) is 31.0 Å². The summed E-state index contributed by atoms with van der Waals surface area (Å²) in [6.45, 7) is 13.0. The van der Waals surface area contributed by atoms with Gasteiger partial charge in [-0.05, 0) is 92.4 Å². The Bertz CT molecular complexity index is 2240. The van der Waals surface area contributed by atoms with E-state index in [9.17, 15) is 9.59 Å². The van der Waals surface area contributed by atoms with E-state index in [-0.39, 0.29) is 11.8 Å². The Morgan fingerprint density at radius 1 is 0.727 bits per heavy atom. The average Bonchev–Trinajstić information content (AvgIpc) is 4.03. The summed E-state index contributed by atoms with van der Waals surface area (Å²) in [6.07, 6.45) is 0.893. The molecule has 2 aliphatic heterocycles. The molecule has 1 N–H and O–H groups in total. The zero-order valence-electron chi connectivity index (χ0n) is 31.8. The molecule has 0 atom stereocenters. The van der Waals surface area contributed by atoms with Crippen molar-refractivity contribution in [3.05, 3.63) is 130 Å². The average molecular weight is 787 g/mol. The van der Waals surface area contributed by atoms with Crippen LogP contribution in [0.1, 0.15) is 66.7 Å². The van der Waals surface area contributed by atoms with Crippen LogP contribution < -0.4 is 19.9 Å². The molecular weight excluding hydrogens is 741 g/mol. The number of carbonyl (C=O) groups is 2. The van der Waals surface area contributed by atoms with E-state index in [1.807, 2.05) is 23.1 Å². The van der Waals surface area contributed by atoms with Crippen molar-refractivity contribution in [2.75, 3.05) is 49.1 Å². The lowest BCUT2D eigenvalue weighted by atomic mass is 9.74. The number of nitrogens with one attached hydrogen (secondary N) is 1. The van der Waals surface area contributed by atoms with Crippen LogP contribution in [-0.2, 0) is 16.8 Å². The Hall–Kier alpha value is -4.90. The first kappa shape index (κ1) is 37.0. The number of thiophene rings is 3. The highest BCUT2D eigenvalue weighted by molar-refractivity contribution is 7.26. The Labute approximate surface area is 335 Å². The Kier molecular flexibility index (Phi) is 10.6. The summed E-state index contributed by atoms with van der Waals surface area (Å²) in [6, 6.07) is 31.5. The fraction of sp³-hybridized carbons (Fsp3) is 0.289. The van der Waals surface area contributed by atoms with E-state index in [1.165, 1.54) is 14.6 Å². The van der Waals surface area contributed by atoms with Crippen molar-refractivity contribution < 1.29 is 14.3 Å². The molecule has 2 aliphatic rings. The predicted octanol–water partition coefficient (Wildman–Crippen LogP) is 10.5. The summed E-state index contributed by atoms with van der Waals surface area (Å²) in [7, 11) is 0. The van der Waals surface area contributed by atoms with Crippen molar-refractivity contribution in [3.63, 3.8) is 0 Å². The normalized spacial score (nSPS) is 13.7. The zero-order valence-corrected chi connectivity index (χ0v) is 34.2. The molecule has 0 saturated heterocycles. The first-order chi connectivity index (χ1) is 26.9. The van der Waals surface area contributed by atoms with Crippen LogP contribution in [0.2, 0.25) is 0 Å². The monoisotopic (exact) mass is 786 g/mol. The van der Waals surface area contributed by atoms with Gasteiger partial charge in [0, 0.05) is 99.0 Å². The standard InChI is InChI=1S/C45H46N4O3S3/c1-5-47(6-2)31-18-20-35-37(28-31)52-38-29-32(48(7-3)8-4)19-21-36(38)45(35)34-15-10-9-14-33(34)44(51)49(45)23-13-22-46-42(50)27-30-26-41(39-16-11-24-53-39)55-43(30)40-17-12-25-54-40/h9-12,14-21,24-26,28-29H,5-8,13,22-23,27H2,1-4H3,(H,46,50). The molecule has 2 amide bonds. The van der Waals surface area contributed by atoms with Gasteiger partial charge in [-0.2, -0.15) is 0 Å². The summed E-state index contributed by atoms with van der Waals surface area (Å²) in [4.78, 5) is 39.6. The van der Waals surface area contributed by atoms with Crippen molar-refractivity contribution in [1.82, 2.24) is 10.2 Å². The molecule has 0 radical (unpaired) electrons. The minimum Gasteiger partial charge on any atom is -0.456 e. The van der Waals surface area contributed by atoms with E-state index < -0.39 is 5.54 Å². The van der Waals surface area contributed by atoms with Crippen LogP contribution in [-0.4, -0.2) is 56.0 Å². The van der Waals surface area contributed by atoms with Gasteiger partial charge in [0.05, 0.1) is 6.42 Å². The summed E-state index contributed by atoms with van der Waals surface area (Å²) in [5, 5.41) is 7.37. The minimum absolute atomic E-state index is 0.0127. The Morgan fingerprint density at radius 3 is 1.95 bits per heavy atom. The van der Waals surface area contributed by atoms with Gasteiger partial charge in [0.15, 0.2) is 0 Å². The smallest absolute Gasteiger partial charge is 0.255 e. The van der Waals surface area contributed by atoms with E-state index in [0.29, 0.717) is 31.5 Å². The highest BCUT2D eigenvalue weighted by Crippen LogP contribution is 2.58. The molecule has 0 aliphatic carbocycles. The molecule has 3 aromatic carbocycles. The number of carbonyl (C=O) groups excluding carboxylic acids is 2. The third-order valence-electron chi connectivity index (χ3n) is 10.9. The van der Waals surface area contributed by atoms with Gasteiger partial charge in [0.2, 0.25) is 5.91 Å². The fourth-order valence-corrected chi connectivity index (χ4v) is 11.2. The van der Waals surface area contributed by atoms with Gasteiger partial charge in [-0.25, -0.2) is 0 Å². The summed E-state index contributed by atoms with van der Waals surface area (Å²) in [5.41, 5.74) is 5.89. The number of amides is 2. The zero-order chi connectivity index (χ0) is 38.1.